The van der Waals surface area contributed by atoms with Gasteiger partial charge in [0.2, 0.25) is 5.76 Å². The number of carbonyl (C=O) groups excluding carboxylic acids is 2. The Kier molecular flexibility index (Phi) is 4.29. The minimum atomic E-state index is -0.621. The summed E-state index contributed by atoms with van der Waals surface area (Å²) in [6.45, 7) is 1.52. The van der Waals surface area contributed by atoms with Crippen LogP contribution in [0.1, 0.15) is 32.4 Å². The van der Waals surface area contributed by atoms with Gasteiger partial charge in [-0.3, -0.25) is 0 Å². The van der Waals surface area contributed by atoms with Crippen molar-refractivity contribution in [2.45, 2.75) is 13.5 Å². The first-order valence-corrected chi connectivity index (χ1v) is 6.40. The topological polar surface area (TPSA) is 78.9 Å². The Bertz CT molecular complexity index is 639. The van der Waals surface area contributed by atoms with Gasteiger partial charge in [-0.15, -0.1) is 0 Å². The number of carbonyl (C=O) groups is 2. The first kappa shape index (κ1) is 14.4. The van der Waals surface area contributed by atoms with Gasteiger partial charge in [0.25, 0.3) is 0 Å². The summed E-state index contributed by atoms with van der Waals surface area (Å²) in [5.41, 5.74) is 0.305. The number of rotatable bonds is 4. The molecule has 106 valence electrons. The van der Waals surface area contributed by atoms with Crippen LogP contribution in [0.15, 0.2) is 31.7 Å². The Morgan fingerprint density at radius 3 is 2.60 bits per heavy atom. The van der Waals surface area contributed by atoms with Crippen LogP contribution in [0.25, 0.3) is 0 Å². The molecule has 0 fully saturated rings. The van der Waals surface area contributed by atoms with Gasteiger partial charge in [-0.2, -0.15) is 0 Å². The predicted octanol–water partition coefficient (Wildman–Crippen LogP) is 3.09. The Morgan fingerprint density at radius 2 is 2.00 bits per heavy atom. The fourth-order valence-electron chi connectivity index (χ4n) is 1.56. The highest BCUT2D eigenvalue weighted by Gasteiger charge is 2.17. The number of furan rings is 2. The smallest absolute Gasteiger partial charge is 0.374 e. The van der Waals surface area contributed by atoms with E-state index in [0.29, 0.717) is 21.8 Å². The average Bonchev–Trinajstić information content (AvgIpc) is 3.01. The van der Waals surface area contributed by atoms with Gasteiger partial charge in [0.1, 0.15) is 23.7 Å². The van der Waals surface area contributed by atoms with Crippen molar-refractivity contribution in [3.63, 3.8) is 0 Å². The fourth-order valence-corrected chi connectivity index (χ4v) is 1.87. The lowest BCUT2D eigenvalue weighted by molar-refractivity contribution is 0.0406. The third kappa shape index (κ3) is 3.11. The molecular formula is C13H11BrO6. The van der Waals surface area contributed by atoms with Crippen molar-refractivity contribution in [2.75, 3.05) is 7.11 Å². The summed E-state index contributed by atoms with van der Waals surface area (Å²) in [5, 5.41) is 0. The molecule has 0 N–H and O–H groups in total. The number of hydrogen-bond acceptors (Lipinski definition) is 6. The highest BCUT2D eigenvalue weighted by Crippen LogP contribution is 2.18. The van der Waals surface area contributed by atoms with Gasteiger partial charge in [-0.1, -0.05) is 0 Å². The quantitative estimate of drug-likeness (QED) is 0.794. The Morgan fingerprint density at radius 1 is 1.25 bits per heavy atom. The average molecular weight is 343 g/mol. The summed E-state index contributed by atoms with van der Waals surface area (Å²) in [4.78, 5) is 23.0. The van der Waals surface area contributed by atoms with Crippen LogP contribution in [0.5, 0.6) is 0 Å². The number of aryl methyl sites for hydroxylation is 1. The monoisotopic (exact) mass is 342 g/mol. The van der Waals surface area contributed by atoms with Gasteiger partial charge in [-0.05, 0) is 41.1 Å². The molecule has 0 atom stereocenters. The summed E-state index contributed by atoms with van der Waals surface area (Å²) in [6.07, 6.45) is 0. The molecule has 2 aromatic rings. The zero-order chi connectivity index (χ0) is 14.7. The summed E-state index contributed by atoms with van der Waals surface area (Å²) in [6, 6.07) is 4.55. The molecule has 7 heteroatoms. The van der Waals surface area contributed by atoms with Gasteiger partial charge in [0.15, 0.2) is 4.67 Å². The molecule has 0 unspecified atom stereocenters. The van der Waals surface area contributed by atoms with Gasteiger partial charge >= 0.3 is 11.9 Å². The molecular weight excluding hydrogens is 332 g/mol. The summed E-state index contributed by atoms with van der Waals surface area (Å²) < 4.78 is 20.4. The van der Waals surface area contributed by atoms with Gasteiger partial charge < -0.3 is 18.3 Å². The predicted molar refractivity (Wildman–Crippen MR) is 70.3 cm³/mol. The van der Waals surface area contributed by atoms with Gasteiger partial charge in [0.05, 0.1) is 7.11 Å². The Labute approximate surface area is 122 Å². The largest absolute Gasteiger partial charge is 0.465 e. The molecule has 2 rings (SSSR count). The molecule has 0 aliphatic rings. The van der Waals surface area contributed by atoms with Crippen molar-refractivity contribution >= 4 is 27.9 Å². The Balaban J connectivity index is 2.01. The lowest BCUT2D eigenvalue weighted by Crippen LogP contribution is -2.03. The molecule has 2 aromatic heterocycles. The second-order valence-corrected chi connectivity index (χ2v) is 4.64. The molecule has 0 saturated heterocycles. The highest BCUT2D eigenvalue weighted by molar-refractivity contribution is 9.10. The van der Waals surface area contributed by atoms with Crippen LogP contribution in [-0.2, 0) is 16.1 Å². The van der Waals surface area contributed by atoms with Crippen molar-refractivity contribution in [3.05, 3.63) is 45.7 Å². The van der Waals surface area contributed by atoms with E-state index in [1.807, 2.05) is 0 Å². The molecule has 0 spiro atoms. The van der Waals surface area contributed by atoms with E-state index in [1.165, 1.54) is 19.2 Å². The summed E-state index contributed by atoms with van der Waals surface area (Å²) in [7, 11) is 1.28. The van der Waals surface area contributed by atoms with Crippen LogP contribution >= 0.6 is 15.9 Å². The summed E-state index contributed by atoms with van der Waals surface area (Å²) in [5.74, 6) is -0.290. The van der Waals surface area contributed by atoms with Crippen molar-refractivity contribution in [1.29, 1.82) is 0 Å². The maximum atomic E-state index is 11.6. The molecule has 0 aliphatic heterocycles. The zero-order valence-corrected chi connectivity index (χ0v) is 12.4. The third-order valence-corrected chi connectivity index (χ3v) is 2.92. The lowest BCUT2D eigenvalue weighted by atomic mass is 10.2. The van der Waals surface area contributed by atoms with E-state index in [1.54, 1.807) is 13.0 Å². The van der Waals surface area contributed by atoms with Crippen molar-refractivity contribution < 1.29 is 27.9 Å². The molecule has 0 aliphatic carbocycles. The van der Waals surface area contributed by atoms with E-state index in [9.17, 15) is 9.59 Å². The second-order valence-electron chi connectivity index (χ2n) is 3.85. The maximum absolute atomic E-state index is 11.6. The molecule has 6 nitrogen and oxygen atoms in total. The lowest BCUT2D eigenvalue weighted by Gasteiger charge is -1.99. The van der Waals surface area contributed by atoms with Gasteiger partial charge in [-0.25, -0.2) is 9.59 Å². The number of methoxy groups -OCH3 is 1. The number of halogens is 1. The molecule has 0 radical (unpaired) electrons. The van der Waals surface area contributed by atoms with Crippen LogP contribution in [0.4, 0.5) is 0 Å². The Hall–Kier alpha value is -2.02. The normalized spacial score (nSPS) is 10.3. The molecule has 0 saturated carbocycles. The SMILES string of the molecule is COC(=O)c1cc(COC(=O)c2ccc(Br)o2)oc1C. The van der Waals surface area contributed by atoms with Crippen molar-refractivity contribution in [2.24, 2.45) is 0 Å². The zero-order valence-electron chi connectivity index (χ0n) is 10.8. The summed E-state index contributed by atoms with van der Waals surface area (Å²) >= 11 is 3.09. The third-order valence-electron chi connectivity index (χ3n) is 2.49. The first-order chi connectivity index (χ1) is 9.51. The van der Waals surface area contributed by atoms with E-state index in [2.05, 4.69) is 20.7 Å². The standard InChI is InChI=1S/C13H11BrO6/c1-7-9(12(15)17-2)5-8(19-7)6-18-13(16)10-3-4-11(14)20-10/h3-5H,6H2,1-2H3. The number of hydrogen-bond donors (Lipinski definition) is 0. The second kappa shape index (κ2) is 5.96. The van der Waals surface area contributed by atoms with Crippen LogP contribution in [0, 0.1) is 6.92 Å². The van der Waals surface area contributed by atoms with Gasteiger partial charge in [0, 0.05) is 0 Å². The van der Waals surface area contributed by atoms with E-state index in [0.717, 1.165) is 0 Å². The first-order valence-electron chi connectivity index (χ1n) is 5.61. The molecule has 0 bridgehead atoms. The maximum Gasteiger partial charge on any atom is 0.374 e. The number of esters is 2. The van der Waals surface area contributed by atoms with E-state index < -0.39 is 11.9 Å². The number of ether oxygens (including phenoxy) is 2. The molecule has 0 amide bonds. The van der Waals surface area contributed by atoms with Crippen LogP contribution in [-0.4, -0.2) is 19.0 Å². The molecule has 20 heavy (non-hydrogen) atoms. The van der Waals surface area contributed by atoms with E-state index in [-0.39, 0.29) is 12.4 Å². The minimum Gasteiger partial charge on any atom is -0.465 e. The van der Waals surface area contributed by atoms with Crippen LogP contribution in [0.2, 0.25) is 0 Å². The van der Waals surface area contributed by atoms with Crippen LogP contribution in [0.3, 0.4) is 0 Å². The van der Waals surface area contributed by atoms with E-state index in [4.69, 9.17) is 13.6 Å². The van der Waals surface area contributed by atoms with Crippen molar-refractivity contribution in [1.82, 2.24) is 0 Å². The molecule has 2 heterocycles. The minimum absolute atomic E-state index is 0.0772. The van der Waals surface area contributed by atoms with Crippen LogP contribution < -0.4 is 0 Å². The highest BCUT2D eigenvalue weighted by atomic mass is 79.9. The molecule has 0 aromatic carbocycles. The fraction of sp³-hybridized carbons (Fsp3) is 0.231. The van der Waals surface area contributed by atoms with Crippen molar-refractivity contribution in [3.8, 4) is 0 Å². The van der Waals surface area contributed by atoms with E-state index >= 15 is 0 Å².